The van der Waals surface area contributed by atoms with E-state index in [4.69, 9.17) is 0 Å². The third-order valence-electron chi connectivity index (χ3n) is 12.4. The van der Waals surface area contributed by atoms with Gasteiger partial charge in [0.2, 0.25) is 0 Å². The van der Waals surface area contributed by atoms with Crippen molar-refractivity contribution in [3.63, 3.8) is 0 Å². The van der Waals surface area contributed by atoms with Crippen molar-refractivity contribution in [3.05, 3.63) is 0 Å². The van der Waals surface area contributed by atoms with Gasteiger partial charge in [0.1, 0.15) is 0 Å². The molecule has 5 aliphatic carbocycles. The molecule has 0 spiro atoms. The molecule has 0 bridgehead atoms. The van der Waals surface area contributed by atoms with E-state index in [1.165, 1.54) is 173 Å². The fraction of sp³-hybridized carbons (Fsp3) is 1.00. The van der Waals surface area contributed by atoms with Crippen molar-refractivity contribution in [2.24, 2.45) is 70.0 Å². The fourth-order valence-electron chi connectivity index (χ4n) is 3.78. The molecule has 0 aliphatic heterocycles. The third kappa shape index (κ3) is 242. The lowest BCUT2D eigenvalue weighted by molar-refractivity contribution is 0.346. The molecule has 0 amide bonds. The summed E-state index contributed by atoms with van der Waals surface area (Å²) in [5.74, 6) is 9.82. The topological polar surface area (TPSA) is 0 Å². The standard InChI is InChI=1S/3C6H14.4C5H10.4C5H12.C4H8.2C4H10.C3H8.2C2H6.CH4/c1-4-5-6(2)3;1-4-6(3)5-2;1-3-5-6-4-2;1-5(2)3-4-5;1-4-3-5(4)2;1-5-3-2-4-5;1-2-5-3-4-5;1-5(2,3)4;2*1-4-5(2)3;1-3-5-4-2;1-4-2-3-4;1-4(2)3;1-3-4-2;1-3-2;2*1-2;/h2*6H,4-5H2,1-3H3;3-6H2,1-2H3;3-4H2,1-2H3;4-5H,3H2,1-2H3;2*5H,2-4H2,1H3;1-4H3;2*5H,4H2,1-3H3;3-5H2,1-2H3;4H,2-3H2,1H3;4H,1-3H3;3-4H2,1-2H3;3H2,1-2H3;2*1-2H3;1H4. The summed E-state index contributed by atoms with van der Waals surface area (Å²) in [4.78, 5) is 0. The molecule has 2 unspecified atom stereocenters. The van der Waals surface area contributed by atoms with Crippen LogP contribution in [-0.4, -0.2) is 0 Å². The Morgan fingerprint density at radius 1 is 0.410 bits per heavy atom. The van der Waals surface area contributed by atoms with E-state index in [0.717, 1.165) is 64.6 Å². The van der Waals surface area contributed by atoms with Crippen molar-refractivity contribution in [1.82, 2.24) is 0 Å². The predicted molar refractivity (Wildman–Crippen MR) is 387 cm³/mol. The maximum Gasteiger partial charge on any atom is -0.0354 e. The van der Waals surface area contributed by atoms with Gasteiger partial charge in [-0.15, -0.1) is 0 Å². The van der Waals surface area contributed by atoms with Crippen LogP contribution in [0.5, 0.6) is 0 Å². The van der Waals surface area contributed by atoms with E-state index in [-0.39, 0.29) is 7.43 Å². The minimum atomic E-state index is 0. The molecule has 0 radical (unpaired) electrons. The molecule has 78 heavy (non-hydrogen) atoms. The average Bonchev–Trinajstić information content (AvgIpc) is 4.17. The summed E-state index contributed by atoms with van der Waals surface area (Å²) < 4.78 is 0. The van der Waals surface area contributed by atoms with E-state index < -0.39 is 0 Å². The number of hydrogen-bond donors (Lipinski definition) is 0. The second-order valence-electron chi connectivity index (χ2n) is 27.6. The smallest absolute Gasteiger partial charge is 0.0354 e. The summed E-state index contributed by atoms with van der Waals surface area (Å²) in [6.45, 7) is 83.5. The van der Waals surface area contributed by atoms with E-state index in [1.54, 1.807) is 0 Å². The first-order valence-electron chi connectivity index (χ1n) is 35.7. The Hall–Kier alpha value is 0. The Balaban J connectivity index is -0.0000000526. The molecule has 5 fully saturated rings. The van der Waals surface area contributed by atoms with Gasteiger partial charge in [0.15, 0.2) is 0 Å². The van der Waals surface area contributed by atoms with Gasteiger partial charge in [-0.2, -0.15) is 0 Å². The van der Waals surface area contributed by atoms with Crippen LogP contribution in [0.15, 0.2) is 0 Å². The summed E-state index contributed by atoms with van der Waals surface area (Å²) in [6.07, 6.45) is 37.7. The molecule has 0 nitrogen and oxygen atoms in total. The molecule has 0 aromatic heterocycles. The predicted octanol–water partition coefficient (Wildman–Crippen LogP) is 31.9. The molecular weight excluding hydrogens is 937 g/mol. The van der Waals surface area contributed by atoms with Gasteiger partial charge in [0, 0.05) is 0 Å². The monoisotopic (exact) mass is 1120 g/mol. The Labute approximate surface area is 511 Å². The SMILES string of the molecule is C.CC.CC.CC(C)(C)C.CC(C)C.CC1(C)CC1.CC1CC1.CC1CC1C.CC1CCC1.CCC.CCC(C)C.CCC(C)C.CCC(C)CC.CCC1CC1.CCCC.CCCC(C)C.CCCCC.CCCCCC. The number of unbranched alkanes of at least 4 members (excludes halogenated alkanes) is 6. The molecule has 0 heterocycles. The van der Waals surface area contributed by atoms with Crippen molar-refractivity contribution < 1.29 is 0 Å². The molecule has 2 atom stereocenters. The zero-order valence-electron chi connectivity index (χ0n) is 63.9. The van der Waals surface area contributed by atoms with E-state index in [1.807, 2.05) is 27.7 Å². The van der Waals surface area contributed by atoms with Crippen molar-refractivity contribution >= 4 is 0 Å². The van der Waals surface area contributed by atoms with Gasteiger partial charge in [-0.05, 0) is 89.3 Å². The second kappa shape index (κ2) is 93.4. The molecule has 0 N–H and O–H groups in total. The van der Waals surface area contributed by atoms with Crippen LogP contribution in [-0.2, 0) is 0 Å². The van der Waals surface area contributed by atoms with Crippen molar-refractivity contribution in [3.8, 4) is 0 Å². The largest absolute Gasteiger partial charge is 0.0776 e. The molecule has 494 valence electrons. The normalized spacial score (nSPS) is 15.6. The third-order valence-corrected chi connectivity index (χ3v) is 12.4. The van der Waals surface area contributed by atoms with Crippen LogP contribution in [0, 0.1) is 70.0 Å². The van der Waals surface area contributed by atoms with Crippen LogP contribution in [0.3, 0.4) is 0 Å². The van der Waals surface area contributed by atoms with E-state index in [9.17, 15) is 0 Å². The van der Waals surface area contributed by atoms with Crippen LogP contribution in [0.25, 0.3) is 0 Å². The fourth-order valence-corrected chi connectivity index (χ4v) is 3.78. The molecule has 5 rings (SSSR count). The lowest BCUT2D eigenvalue weighted by Crippen LogP contribution is -2.04. The molecular formula is C78H182. The summed E-state index contributed by atoms with van der Waals surface area (Å²) in [6, 6.07) is 0. The van der Waals surface area contributed by atoms with Crippen LogP contribution in [0.4, 0.5) is 0 Å². The van der Waals surface area contributed by atoms with Gasteiger partial charge >= 0.3 is 0 Å². The summed E-state index contributed by atoms with van der Waals surface area (Å²) in [7, 11) is 0. The molecule has 0 aromatic rings. The minimum Gasteiger partial charge on any atom is -0.0776 e. The highest BCUT2D eigenvalue weighted by Gasteiger charge is 2.30. The average molecular weight is 1120 g/mol. The highest BCUT2D eigenvalue weighted by molar-refractivity contribution is 4.82. The maximum atomic E-state index is 2.31. The van der Waals surface area contributed by atoms with Crippen LogP contribution in [0.1, 0.15) is 444 Å². The first kappa shape index (κ1) is 109. The first-order valence-corrected chi connectivity index (χ1v) is 35.7. The lowest BCUT2D eigenvalue weighted by atomic mass is 9.88. The molecule has 0 heteroatoms. The number of rotatable bonds is 13. The van der Waals surface area contributed by atoms with Gasteiger partial charge < -0.3 is 0 Å². The minimum absolute atomic E-state index is 0. The Morgan fingerprint density at radius 3 is 0.654 bits per heavy atom. The van der Waals surface area contributed by atoms with Gasteiger partial charge in [-0.1, -0.05) is 425 Å². The van der Waals surface area contributed by atoms with Crippen LogP contribution >= 0.6 is 0 Å². The highest BCUT2D eigenvalue weighted by Crippen LogP contribution is 2.43. The second-order valence-corrected chi connectivity index (χ2v) is 27.6. The summed E-state index contributed by atoms with van der Waals surface area (Å²) >= 11 is 0. The van der Waals surface area contributed by atoms with Gasteiger partial charge in [0.05, 0.1) is 0 Å². The van der Waals surface area contributed by atoms with E-state index >= 15 is 0 Å². The molecule has 5 saturated carbocycles. The Kier molecular flexibility index (Phi) is 131. The molecule has 5 aliphatic rings. The van der Waals surface area contributed by atoms with Crippen molar-refractivity contribution in [1.29, 1.82) is 0 Å². The van der Waals surface area contributed by atoms with Gasteiger partial charge in [-0.25, -0.2) is 0 Å². The van der Waals surface area contributed by atoms with Gasteiger partial charge in [0.25, 0.3) is 0 Å². The first-order chi connectivity index (χ1) is 35.7. The van der Waals surface area contributed by atoms with Gasteiger partial charge in [-0.3, -0.25) is 0 Å². The van der Waals surface area contributed by atoms with Crippen LogP contribution < -0.4 is 0 Å². The van der Waals surface area contributed by atoms with E-state index in [0.29, 0.717) is 5.41 Å². The molecule has 0 saturated heterocycles. The van der Waals surface area contributed by atoms with E-state index in [2.05, 4.69) is 235 Å². The maximum absolute atomic E-state index is 2.31. The zero-order valence-corrected chi connectivity index (χ0v) is 63.9. The zero-order chi connectivity index (χ0) is 63.9. The van der Waals surface area contributed by atoms with Crippen molar-refractivity contribution in [2.45, 2.75) is 444 Å². The Morgan fingerprint density at radius 2 is 0.641 bits per heavy atom. The quantitative estimate of drug-likeness (QED) is 0.161. The summed E-state index contributed by atoms with van der Waals surface area (Å²) in [5, 5.41) is 0. The highest BCUT2D eigenvalue weighted by atomic mass is 14.4. The summed E-state index contributed by atoms with van der Waals surface area (Å²) in [5.41, 5.74) is 1.25. The lowest BCUT2D eigenvalue weighted by Gasteiger charge is -2.18. The van der Waals surface area contributed by atoms with Crippen LogP contribution in [0.2, 0.25) is 0 Å². The number of hydrogen-bond acceptors (Lipinski definition) is 0. The Bertz CT molecular complexity index is 750. The van der Waals surface area contributed by atoms with Crippen molar-refractivity contribution in [2.75, 3.05) is 0 Å². The molecule has 0 aromatic carbocycles.